The van der Waals surface area contributed by atoms with Crippen LogP contribution in [0.25, 0.3) is 0 Å². The van der Waals surface area contributed by atoms with Gasteiger partial charge in [0.15, 0.2) is 5.79 Å². The van der Waals surface area contributed by atoms with Gasteiger partial charge in [0.25, 0.3) is 0 Å². The van der Waals surface area contributed by atoms with E-state index >= 15 is 0 Å². The molecule has 4 nitrogen and oxygen atoms in total. The number of carbonyl (C=O) groups is 1. The Morgan fingerprint density at radius 3 is 2.49 bits per heavy atom. The van der Waals surface area contributed by atoms with Crippen molar-refractivity contribution in [1.29, 1.82) is 0 Å². The van der Waals surface area contributed by atoms with Gasteiger partial charge in [-0.05, 0) is 91.8 Å². The zero-order valence-electron chi connectivity index (χ0n) is 22.2. The predicted octanol–water partition coefficient (Wildman–Crippen LogP) is 7.11. The van der Waals surface area contributed by atoms with E-state index in [1.54, 1.807) is 6.92 Å². The Kier molecular flexibility index (Phi) is 6.16. The van der Waals surface area contributed by atoms with Crippen LogP contribution < -0.4 is 0 Å². The normalized spacial score (nSPS) is 59.0. The van der Waals surface area contributed by atoms with Gasteiger partial charge < -0.3 is 14.2 Å². The van der Waals surface area contributed by atoms with Crippen molar-refractivity contribution in [2.45, 2.75) is 108 Å². The Hall–Kier alpha value is 0.350. The third-order valence-corrected chi connectivity index (χ3v) is 15.9. The van der Waals surface area contributed by atoms with E-state index in [4.69, 9.17) is 14.2 Å². The maximum absolute atomic E-state index is 11.6. The van der Waals surface area contributed by atoms with Gasteiger partial charge in [-0.1, -0.05) is 59.6 Å². The van der Waals surface area contributed by atoms with Crippen molar-refractivity contribution in [2.24, 2.45) is 52.3 Å². The number of halogens is 2. The van der Waals surface area contributed by atoms with Crippen LogP contribution in [0.15, 0.2) is 0 Å². The molecule has 13 atom stereocenters. The van der Waals surface area contributed by atoms with Crippen molar-refractivity contribution in [3.8, 4) is 0 Å². The zero-order chi connectivity index (χ0) is 25.0. The summed E-state index contributed by atoms with van der Waals surface area (Å²) in [5, 5.41) is 0.851. The first-order chi connectivity index (χ1) is 16.5. The van der Waals surface area contributed by atoms with Gasteiger partial charge in [0.05, 0.1) is 17.0 Å². The molecule has 0 aromatic carbocycles. The van der Waals surface area contributed by atoms with E-state index in [-0.39, 0.29) is 16.4 Å². The summed E-state index contributed by atoms with van der Waals surface area (Å²) in [6, 6.07) is 0. The summed E-state index contributed by atoms with van der Waals surface area (Å²) in [5.74, 6) is 3.81. The highest BCUT2D eigenvalue weighted by Crippen LogP contribution is 2.73. The minimum Gasteiger partial charge on any atom is -0.463 e. The molecular weight excluding hydrogens is 572 g/mol. The Morgan fingerprint density at radius 1 is 1.03 bits per heavy atom. The molecule has 4 saturated carbocycles. The molecule has 0 unspecified atom stereocenters. The van der Waals surface area contributed by atoms with Crippen molar-refractivity contribution in [1.82, 2.24) is 0 Å². The van der Waals surface area contributed by atoms with Gasteiger partial charge in [0, 0.05) is 24.1 Å². The molecule has 6 heteroatoms. The fourth-order valence-corrected chi connectivity index (χ4v) is 12.5. The summed E-state index contributed by atoms with van der Waals surface area (Å²) in [6.45, 7) is 12.3. The van der Waals surface area contributed by atoms with Crippen LogP contribution in [-0.2, 0) is 19.0 Å². The SMILES string of the molecule is CC(=O)O[C@@H]1CC[C@@]2(C)[C@H](CC[C@@H]3[C@@H]2CC[C@]2(C)[C@@H]4[C@H](C[C@@H]32)O[C@@]2(OC[C@H](C)[C@@]2(Br)CBr)[C@H]4C)C1. The number of alkyl halides is 2. The van der Waals surface area contributed by atoms with Gasteiger partial charge in [-0.25, -0.2) is 0 Å². The van der Waals surface area contributed by atoms with Crippen LogP contribution >= 0.6 is 31.9 Å². The monoisotopic (exact) mass is 614 g/mol. The Morgan fingerprint density at radius 2 is 1.77 bits per heavy atom. The van der Waals surface area contributed by atoms with Gasteiger partial charge in [-0.15, -0.1) is 0 Å². The van der Waals surface area contributed by atoms with E-state index in [1.165, 1.54) is 38.5 Å². The first kappa shape index (κ1) is 25.6. The van der Waals surface area contributed by atoms with Crippen LogP contribution in [0.4, 0.5) is 0 Å². The average Bonchev–Trinajstić information content (AvgIpc) is 3.37. The van der Waals surface area contributed by atoms with Crippen LogP contribution in [0.2, 0.25) is 0 Å². The van der Waals surface area contributed by atoms with Gasteiger partial charge in [-0.2, -0.15) is 0 Å². The molecule has 1 spiro atoms. The molecule has 0 aromatic rings. The number of esters is 1. The standard InChI is InChI=1S/C29H44Br2O4/c1-16-14-33-29(28(16,31)15-30)17(2)25-24(35-29)13-23-21-7-6-19-12-20(34-18(3)32)8-10-26(19,4)22(21)9-11-27(23,25)5/h16-17,19-25H,6-15H2,1-5H3/t16-,17-,19+,20+,21+,22-,23-,24-,25-,26-,27-,28-,29-/m0/s1. The van der Waals surface area contributed by atoms with Gasteiger partial charge in [0.2, 0.25) is 0 Å². The highest BCUT2D eigenvalue weighted by atomic mass is 79.9. The smallest absolute Gasteiger partial charge is 0.302 e. The Labute approximate surface area is 228 Å². The van der Waals surface area contributed by atoms with E-state index in [0.29, 0.717) is 40.6 Å². The number of hydrogen-bond acceptors (Lipinski definition) is 4. The summed E-state index contributed by atoms with van der Waals surface area (Å²) in [4.78, 5) is 11.6. The molecule has 4 aliphatic carbocycles. The van der Waals surface area contributed by atoms with E-state index in [1.807, 2.05) is 0 Å². The summed E-state index contributed by atoms with van der Waals surface area (Å²) < 4.78 is 19.2. The summed E-state index contributed by atoms with van der Waals surface area (Å²) >= 11 is 7.95. The van der Waals surface area contributed by atoms with Crippen molar-refractivity contribution in [2.75, 3.05) is 11.9 Å². The number of rotatable bonds is 2. The minimum absolute atomic E-state index is 0.113. The molecule has 0 aromatic heterocycles. The van der Waals surface area contributed by atoms with E-state index in [0.717, 1.165) is 42.5 Å². The molecule has 0 radical (unpaired) electrons. The summed E-state index contributed by atoms with van der Waals surface area (Å²) in [7, 11) is 0. The maximum atomic E-state index is 11.6. The number of ether oxygens (including phenoxy) is 3. The van der Waals surface area contributed by atoms with Crippen LogP contribution in [0.3, 0.4) is 0 Å². The predicted molar refractivity (Wildman–Crippen MR) is 143 cm³/mol. The first-order valence-corrected chi connectivity index (χ1v) is 16.2. The van der Waals surface area contributed by atoms with Crippen LogP contribution in [0, 0.1) is 52.3 Å². The number of fused-ring (bicyclic) bond motifs is 7. The molecule has 35 heavy (non-hydrogen) atoms. The van der Waals surface area contributed by atoms with Gasteiger partial charge in [0.1, 0.15) is 6.10 Å². The van der Waals surface area contributed by atoms with Crippen LogP contribution in [0.1, 0.15) is 86.0 Å². The molecule has 2 heterocycles. The molecule has 0 N–H and O–H groups in total. The topological polar surface area (TPSA) is 44.8 Å². The van der Waals surface area contributed by atoms with E-state index in [2.05, 4.69) is 59.6 Å². The second-order valence-corrected chi connectivity index (χ2v) is 15.8. The molecule has 2 aliphatic heterocycles. The fraction of sp³-hybridized carbons (Fsp3) is 0.966. The summed E-state index contributed by atoms with van der Waals surface area (Å²) in [5.41, 5.74) is 0.736. The quantitative estimate of drug-likeness (QED) is 0.245. The molecule has 2 saturated heterocycles. The lowest BCUT2D eigenvalue weighted by Crippen LogP contribution is -2.57. The third kappa shape index (κ3) is 3.30. The Bertz CT molecular complexity index is 883. The van der Waals surface area contributed by atoms with E-state index in [9.17, 15) is 4.79 Å². The lowest BCUT2D eigenvalue weighted by molar-refractivity contribution is -0.230. The van der Waals surface area contributed by atoms with Crippen molar-refractivity contribution in [3.05, 3.63) is 0 Å². The Balaban J connectivity index is 1.24. The lowest BCUT2D eigenvalue weighted by atomic mass is 9.44. The largest absolute Gasteiger partial charge is 0.463 e. The van der Waals surface area contributed by atoms with Crippen molar-refractivity contribution in [3.63, 3.8) is 0 Å². The molecule has 6 aliphatic rings. The lowest BCUT2D eigenvalue weighted by Gasteiger charge is -2.61. The molecule has 0 amide bonds. The second-order valence-electron chi connectivity index (χ2n) is 13.8. The zero-order valence-corrected chi connectivity index (χ0v) is 25.3. The van der Waals surface area contributed by atoms with Crippen molar-refractivity contribution < 1.29 is 19.0 Å². The molecule has 0 bridgehead atoms. The number of hydrogen-bond donors (Lipinski definition) is 0. The molecular formula is C29H44Br2O4. The first-order valence-electron chi connectivity index (χ1n) is 14.2. The second kappa shape index (κ2) is 8.42. The average molecular weight is 616 g/mol. The van der Waals surface area contributed by atoms with Gasteiger partial charge in [-0.3, -0.25) is 4.79 Å². The fourth-order valence-electron chi connectivity index (χ4n) is 10.9. The third-order valence-electron chi connectivity index (χ3n) is 12.6. The van der Waals surface area contributed by atoms with Gasteiger partial charge >= 0.3 is 5.97 Å². The highest BCUT2D eigenvalue weighted by Gasteiger charge is 2.74. The van der Waals surface area contributed by atoms with Crippen molar-refractivity contribution >= 4 is 37.8 Å². The minimum atomic E-state index is -0.519. The highest BCUT2D eigenvalue weighted by molar-refractivity contribution is 9.12. The van der Waals surface area contributed by atoms with E-state index < -0.39 is 5.79 Å². The molecule has 198 valence electrons. The number of carbonyl (C=O) groups excluding carboxylic acids is 1. The summed E-state index contributed by atoms with van der Waals surface area (Å²) in [6.07, 6.45) is 10.3. The molecule has 6 rings (SSSR count). The van der Waals surface area contributed by atoms with Crippen LogP contribution in [-0.4, -0.2) is 40.2 Å². The van der Waals surface area contributed by atoms with Crippen LogP contribution in [0.5, 0.6) is 0 Å². The maximum Gasteiger partial charge on any atom is 0.302 e. The molecule has 6 fully saturated rings.